The molecule has 9 heteroatoms. The number of urea groups is 1. The third kappa shape index (κ3) is 3.95. The first-order valence-corrected chi connectivity index (χ1v) is 9.69. The number of hydrogen-bond donors (Lipinski definition) is 2. The van der Waals surface area contributed by atoms with Crippen LogP contribution in [0.2, 0.25) is 0 Å². The minimum atomic E-state index is -0.998. The summed E-state index contributed by atoms with van der Waals surface area (Å²) in [6.45, 7) is -0.0558. The van der Waals surface area contributed by atoms with Crippen molar-refractivity contribution in [2.45, 2.75) is 6.54 Å². The number of esters is 1. The Hall–Kier alpha value is -4.40. The highest BCUT2D eigenvalue weighted by Crippen LogP contribution is 2.25. The van der Waals surface area contributed by atoms with Gasteiger partial charge in [0.1, 0.15) is 12.2 Å². The van der Waals surface area contributed by atoms with Crippen molar-refractivity contribution >= 4 is 40.9 Å². The molecule has 0 aliphatic carbocycles. The van der Waals surface area contributed by atoms with Gasteiger partial charge < -0.3 is 19.7 Å². The Morgan fingerprint density at radius 3 is 2.66 bits per heavy atom. The van der Waals surface area contributed by atoms with Gasteiger partial charge in [-0.3, -0.25) is 9.59 Å². The van der Waals surface area contributed by atoms with Crippen molar-refractivity contribution in [2.75, 3.05) is 13.7 Å². The standard InChI is InChI=1S/C23H19N3O6/c1-32-20(27)13-26-21(28)18(24-23(26)31)10-16-12-25(19-8-3-2-7-17(16)19)11-14-5-4-6-15(9-14)22(29)30/h2-10,12H,11,13H2,1H3,(H,24,31)(H,29,30)/b18-10+. The van der Waals surface area contributed by atoms with Gasteiger partial charge in [-0.05, 0) is 29.8 Å². The molecule has 0 bridgehead atoms. The van der Waals surface area contributed by atoms with E-state index in [0.29, 0.717) is 12.1 Å². The van der Waals surface area contributed by atoms with Crippen LogP contribution in [0.3, 0.4) is 0 Å². The Morgan fingerprint density at radius 2 is 1.91 bits per heavy atom. The summed E-state index contributed by atoms with van der Waals surface area (Å²) in [5.74, 6) is -2.32. The van der Waals surface area contributed by atoms with E-state index in [2.05, 4.69) is 10.1 Å². The van der Waals surface area contributed by atoms with E-state index in [0.717, 1.165) is 21.4 Å². The largest absolute Gasteiger partial charge is 0.478 e. The van der Waals surface area contributed by atoms with Crippen LogP contribution in [0, 0.1) is 0 Å². The summed E-state index contributed by atoms with van der Waals surface area (Å²) in [5.41, 5.74) is 2.63. The number of nitrogens with zero attached hydrogens (tertiary/aromatic N) is 2. The average molecular weight is 433 g/mol. The number of rotatable bonds is 6. The minimum absolute atomic E-state index is 0.0506. The summed E-state index contributed by atoms with van der Waals surface area (Å²) < 4.78 is 6.47. The molecule has 1 aliphatic rings. The molecule has 1 fully saturated rings. The number of carboxylic acids is 1. The van der Waals surface area contributed by atoms with E-state index in [9.17, 15) is 24.3 Å². The van der Waals surface area contributed by atoms with Crippen LogP contribution in [0.5, 0.6) is 0 Å². The fourth-order valence-electron chi connectivity index (χ4n) is 3.58. The van der Waals surface area contributed by atoms with Crippen molar-refractivity contribution in [3.05, 3.63) is 77.1 Å². The Bertz CT molecular complexity index is 1290. The number of aromatic nitrogens is 1. The van der Waals surface area contributed by atoms with E-state index in [1.165, 1.54) is 13.2 Å². The average Bonchev–Trinajstić information content (AvgIpc) is 3.26. The van der Waals surface area contributed by atoms with Gasteiger partial charge in [-0.1, -0.05) is 30.3 Å². The number of methoxy groups -OCH3 is 1. The second-order valence-electron chi connectivity index (χ2n) is 7.19. The maximum atomic E-state index is 12.6. The highest BCUT2D eigenvalue weighted by atomic mass is 16.5. The van der Waals surface area contributed by atoms with Gasteiger partial charge in [0, 0.05) is 29.2 Å². The highest BCUT2D eigenvalue weighted by molar-refractivity contribution is 6.15. The van der Waals surface area contributed by atoms with Gasteiger partial charge in [0.25, 0.3) is 5.91 Å². The molecule has 0 radical (unpaired) electrons. The third-order valence-electron chi connectivity index (χ3n) is 5.12. The summed E-state index contributed by atoms with van der Waals surface area (Å²) >= 11 is 0. The molecule has 3 aromatic rings. The van der Waals surface area contributed by atoms with Gasteiger partial charge in [0.15, 0.2) is 0 Å². The van der Waals surface area contributed by atoms with E-state index in [1.54, 1.807) is 18.2 Å². The topological polar surface area (TPSA) is 118 Å². The van der Waals surface area contributed by atoms with Crippen LogP contribution in [0.15, 0.2) is 60.4 Å². The molecule has 0 unspecified atom stereocenters. The molecule has 2 aromatic carbocycles. The summed E-state index contributed by atoms with van der Waals surface area (Å²) in [4.78, 5) is 48.3. The second-order valence-corrected chi connectivity index (χ2v) is 7.19. The molecule has 1 aliphatic heterocycles. The molecule has 0 atom stereocenters. The predicted molar refractivity (Wildman–Crippen MR) is 115 cm³/mol. The van der Waals surface area contributed by atoms with Crippen LogP contribution in [0.4, 0.5) is 4.79 Å². The molecular weight excluding hydrogens is 414 g/mol. The summed E-state index contributed by atoms with van der Waals surface area (Å²) in [7, 11) is 1.18. The van der Waals surface area contributed by atoms with Crippen LogP contribution in [0.25, 0.3) is 17.0 Å². The molecule has 3 amide bonds. The number of amides is 3. The molecule has 1 aromatic heterocycles. The zero-order valence-electron chi connectivity index (χ0n) is 17.1. The van der Waals surface area contributed by atoms with Gasteiger partial charge in [-0.15, -0.1) is 0 Å². The quantitative estimate of drug-likeness (QED) is 0.350. The predicted octanol–water partition coefficient (Wildman–Crippen LogP) is 2.45. The van der Waals surface area contributed by atoms with Crippen molar-refractivity contribution in [3.8, 4) is 0 Å². The highest BCUT2D eigenvalue weighted by Gasteiger charge is 2.35. The molecule has 32 heavy (non-hydrogen) atoms. The molecule has 2 heterocycles. The van der Waals surface area contributed by atoms with Crippen LogP contribution in [-0.4, -0.2) is 52.1 Å². The number of benzene rings is 2. The molecule has 1 saturated heterocycles. The van der Waals surface area contributed by atoms with E-state index < -0.39 is 30.4 Å². The van der Waals surface area contributed by atoms with Gasteiger partial charge in [-0.25, -0.2) is 14.5 Å². The molecule has 2 N–H and O–H groups in total. The number of nitrogens with one attached hydrogen (secondary N) is 1. The van der Waals surface area contributed by atoms with Crippen LogP contribution in [-0.2, 0) is 20.9 Å². The lowest BCUT2D eigenvalue weighted by Gasteiger charge is -2.08. The fourth-order valence-corrected chi connectivity index (χ4v) is 3.58. The Kier molecular flexibility index (Phi) is 5.46. The van der Waals surface area contributed by atoms with Gasteiger partial charge in [0.2, 0.25) is 0 Å². The van der Waals surface area contributed by atoms with Crippen LogP contribution >= 0.6 is 0 Å². The molecular formula is C23H19N3O6. The lowest BCUT2D eigenvalue weighted by atomic mass is 10.1. The Morgan fingerprint density at radius 1 is 1.12 bits per heavy atom. The van der Waals surface area contributed by atoms with E-state index in [4.69, 9.17) is 0 Å². The number of carboxylic acid groups (broad SMARTS) is 1. The van der Waals surface area contributed by atoms with Crippen molar-refractivity contribution in [1.82, 2.24) is 14.8 Å². The maximum Gasteiger partial charge on any atom is 0.335 e. The number of hydrogen-bond acceptors (Lipinski definition) is 5. The zero-order chi connectivity index (χ0) is 22.8. The van der Waals surface area contributed by atoms with E-state index >= 15 is 0 Å². The van der Waals surface area contributed by atoms with Crippen molar-refractivity contribution < 1.29 is 29.0 Å². The molecule has 162 valence electrons. The van der Waals surface area contributed by atoms with Gasteiger partial charge in [-0.2, -0.15) is 0 Å². The third-order valence-corrected chi connectivity index (χ3v) is 5.12. The first-order valence-electron chi connectivity index (χ1n) is 9.69. The number of fused-ring (bicyclic) bond motifs is 1. The number of para-hydroxylation sites is 1. The first-order chi connectivity index (χ1) is 15.4. The monoisotopic (exact) mass is 433 g/mol. The van der Waals surface area contributed by atoms with Gasteiger partial charge in [0.05, 0.1) is 12.7 Å². The second kappa shape index (κ2) is 8.38. The fraction of sp³-hybridized carbons (Fsp3) is 0.130. The maximum absolute atomic E-state index is 12.6. The van der Waals surface area contributed by atoms with Crippen LogP contribution < -0.4 is 5.32 Å². The SMILES string of the molecule is COC(=O)CN1C(=O)N/C(=C/c2cn(Cc3cccc(C(=O)O)c3)c3ccccc23)C1=O. The normalized spacial score (nSPS) is 14.8. The number of ether oxygens (including phenoxy) is 1. The lowest BCUT2D eigenvalue weighted by Crippen LogP contribution is -2.36. The van der Waals surface area contributed by atoms with Crippen molar-refractivity contribution in [2.24, 2.45) is 0 Å². The zero-order valence-corrected chi connectivity index (χ0v) is 17.1. The first kappa shape index (κ1) is 20.9. The summed E-state index contributed by atoms with van der Waals surface area (Å²) in [6.07, 6.45) is 3.39. The molecule has 0 saturated carbocycles. The van der Waals surface area contributed by atoms with Crippen molar-refractivity contribution in [1.29, 1.82) is 0 Å². The summed E-state index contributed by atoms with van der Waals surface area (Å²) in [5, 5.41) is 12.6. The van der Waals surface area contributed by atoms with E-state index in [1.807, 2.05) is 41.1 Å². The number of imide groups is 1. The summed E-state index contributed by atoms with van der Waals surface area (Å²) in [6, 6.07) is 13.5. The minimum Gasteiger partial charge on any atom is -0.478 e. The number of carbonyl (C=O) groups is 4. The molecule has 9 nitrogen and oxygen atoms in total. The Labute approximate surface area is 182 Å². The smallest absolute Gasteiger partial charge is 0.335 e. The lowest BCUT2D eigenvalue weighted by molar-refractivity contribution is -0.143. The molecule has 4 rings (SSSR count). The molecule has 0 spiro atoms. The van der Waals surface area contributed by atoms with Crippen molar-refractivity contribution in [3.63, 3.8) is 0 Å². The number of carbonyl (C=O) groups excluding carboxylic acids is 3. The van der Waals surface area contributed by atoms with Crippen LogP contribution in [0.1, 0.15) is 21.5 Å². The number of aromatic carboxylic acids is 1. The Balaban J connectivity index is 1.68. The van der Waals surface area contributed by atoms with E-state index in [-0.39, 0.29) is 11.3 Å². The van der Waals surface area contributed by atoms with Gasteiger partial charge >= 0.3 is 18.0 Å².